The van der Waals surface area contributed by atoms with Crippen LogP contribution in [0.3, 0.4) is 0 Å². The molecular weight excluding hydrogens is 174 g/mol. The van der Waals surface area contributed by atoms with Crippen LogP contribution in [0.1, 0.15) is 24.3 Å². The summed E-state index contributed by atoms with van der Waals surface area (Å²) in [6.07, 6.45) is 3.41. The van der Waals surface area contributed by atoms with Crippen molar-refractivity contribution < 1.29 is 5.11 Å². The van der Waals surface area contributed by atoms with Crippen LogP contribution in [-0.4, -0.2) is 16.2 Å². The van der Waals surface area contributed by atoms with Gasteiger partial charge in [-0.3, -0.25) is 0 Å². The molecule has 0 atom stereocenters. The average Bonchev–Trinajstić information content (AvgIpc) is 2.01. The Balaban J connectivity index is 2.09. The summed E-state index contributed by atoms with van der Waals surface area (Å²) in [5.41, 5.74) is 1.18. The molecule has 1 heterocycles. The predicted molar refractivity (Wildman–Crippen MR) is 47.2 cm³/mol. The summed E-state index contributed by atoms with van der Waals surface area (Å²) >= 11 is 5.65. The highest BCUT2D eigenvalue weighted by atomic mass is 35.5. The average molecular weight is 184 g/mol. The van der Waals surface area contributed by atoms with Crippen LogP contribution in [-0.2, 0) is 0 Å². The molecule has 0 aliphatic heterocycles. The zero-order chi connectivity index (χ0) is 8.55. The normalized spacial score (nSPS) is 28.2. The Hall–Kier alpha value is -0.600. The SMILES string of the molecule is OC1CC(c2ccc(Cl)nc2)C1. The Labute approximate surface area is 76.2 Å². The van der Waals surface area contributed by atoms with Gasteiger partial charge in [0, 0.05) is 6.20 Å². The molecule has 1 aliphatic rings. The van der Waals surface area contributed by atoms with Gasteiger partial charge in [-0.25, -0.2) is 4.98 Å². The molecule has 1 aromatic heterocycles. The van der Waals surface area contributed by atoms with Gasteiger partial charge >= 0.3 is 0 Å². The Morgan fingerprint density at radius 3 is 2.67 bits per heavy atom. The maximum atomic E-state index is 9.09. The Morgan fingerprint density at radius 2 is 2.17 bits per heavy atom. The van der Waals surface area contributed by atoms with E-state index in [-0.39, 0.29) is 6.10 Å². The maximum Gasteiger partial charge on any atom is 0.129 e. The van der Waals surface area contributed by atoms with E-state index in [1.54, 1.807) is 12.3 Å². The first-order valence-electron chi connectivity index (χ1n) is 4.05. The monoisotopic (exact) mass is 183 g/mol. The molecule has 1 fully saturated rings. The van der Waals surface area contributed by atoms with Gasteiger partial charge in [0.15, 0.2) is 0 Å². The lowest BCUT2D eigenvalue weighted by Gasteiger charge is -2.31. The van der Waals surface area contributed by atoms with E-state index < -0.39 is 0 Å². The molecule has 3 heteroatoms. The maximum absolute atomic E-state index is 9.09. The molecule has 0 aromatic carbocycles. The van der Waals surface area contributed by atoms with Crippen molar-refractivity contribution in [2.45, 2.75) is 24.9 Å². The number of nitrogens with zero attached hydrogens (tertiary/aromatic N) is 1. The van der Waals surface area contributed by atoms with E-state index >= 15 is 0 Å². The lowest BCUT2D eigenvalue weighted by molar-refractivity contribution is 0.0745. The van der Waals surface area contributed by atoms with E-state index in [1.165, 1.54) is 5.56 Å². The molecule has 1 saturated carbocycles. The molecule has 2 nitrogen and oxygen atoms in total. The van der Waals surface area contributed by atoms with Gasteiger partial charge in [-0.1, -0.05) is 17.7 Å². The number of halogens is 1. The minimum atomic E-state index is -0.106. The third kappa shape index (κ3) is 1.45. The lowest BCUT2D eigenvalue weighted by atomic mass is 9.78. The number of aliphatic hydroxyl groups excluding tert-OH is 1. The lowest BCUT2D eigenvalue weighted by Crippen LogP contribution is -2.26. The molecule has 0 saturated heterocycles. The molecule has 12 heavy (non-hydrogen) atoms. The van der Waals surface area contributed by atoms with Crippen LogP contribution < -0.4 is 0 Å². The number of rotatable bonds is 1. The highest BCUT2D eigenvalue weighted by molar-refractivity contribution is 6.29. The fourth-order valence-corrected chi connectivity index (χ4v) is 1.60. The quantitative estimate of drug-likeness (QED) is 0.676. The van der Waals surface area contributed by atoms with E-state index in [9.17, 15) is 0 Å². The summed E-state index contributed by atoms with van der Waals surface area (Å²) in [6.45, 7) is 0. The third-order valence-corrected chi connectivity index (χ3v) is 2.56. The largest absolute Gasteiger partial charge is 0.393 e. The number of hydrogen-bond acceptors (Lipinski definition) is 2. The first-order valence-corrected chi connectivity index (χ1v) is 4.43. The smallest absolute Gasteiger partial charge is 0.129 e. The minimum Gasteiger partial charge on any atom is -0.393 e. The van der Waals surface area contributed by atoms with Crippen molar-refractivity contribution in [3.8, 4) is 0 Å². The highest BCUT2D eigenvalue weighted by Gasteiger charge is 2.28. The van der Waals surface area contributed by atoms with Crippen LogP contribution >= 0.6 is 11.6 Å². The highest BCUT2D eigenvalue weighted by Crippen LogP contribution is 2.36. The van der Waals surface area contributed by atoms with E-state index in [1.807, 2.05) is 6.07 Å². The van der Waals surface area contributed by atoms with Crippen LogP contribution in [0, 0.1) is 0 Å². The molecule has 0 bridgehead atoms. The summed E-state index contributed by atoms with van der Waals surface area (Å²) < 4.78 is 0. The van der Waals surface area contributed by atoms with E-state index in [0.29, 0.717) is 11.1 Å². The topological polar surface area (TPSA) is 33.1 Å². The zero-order valence-corrected chi connectivity index (χ0v) is 7.33. The van der Waals surface area contributed by atoms with Gasteiger partial charge in [0.2, 0.25) is 0 Å². The summed E-state index contributed by atoms with van der Waals surface area (Å²) in [7, 11) is 0. The zero-order valence-electron chi connectivity index (χ0n) is 6.57. The molecule has 0 amide bonds. The summed E-state index contributed by atoms with van der Waals surface area (Å²) in [5, 5.41) is 9.61. The van der Waals surface area contributed by atoms with Gasteiger partial charge in [-0.15, -0.1) is 0 Å². The predicted octanol–water partition coefficient (Wildman–Crippen LogP) is 1.97. The van der Waals surface area contributed by atoms with Crippen molar-refractivity contribution in [2.24, 2.45) is 0 Å². The van der Waals surface area contributed by atoms with Crippen LogP contribution in [0.4, 0.5) is 0 Å². The van der Waals surface area contributed by atoms with Gasteiger partial charge < -0.3 is 5.11 Å². The molecule has 0 unspecified atom stereocenters. The molecule has 64 valence electrons. The van der Waals surface area contributed by atoms with Gasteiger partial charge in [0.1, 0.15) is 5.15 Å². The van der Waals surface area contributed by atoms with Crippen molar-refractivity contribution in [1.82, 2.24) is 4.98 Å². The van der Waals surface area contributed by atoms with Crippen LogP contribution in [0.2, 0.25) is 5.15 Å². The van der Waals surface area contributed by atoms with E-state index in [0.717, 1.165) is 12.8 Å². The molecule has 0 radical (unpaired) electrons. The number of aromatic nitrogens is 1. The summed E-state index contributed by atoms with van der Waals surface area (Å²) in [4.78, 5) is 3.99. The number of hydrogen-bond donors (Lipinski definition) is 1. The molecule has 1 aromatic rings. The summed E-state index contributed by atoms with van der Waals surface area (Å²) in [6, 6.07) is 3.77. The molecule has 1 N–H and O–H groups in total. The van der Waals surface area contributed by atoms with Crippen molar-refractivity contribution >= 4 is 11.6 Å². The first kappa shape index (κ1) is 8.02. The fourth-order valence-electron chi connectivity index (χ4n) is 1.49. The number of aliphatic hydroxyl groups is 1. The molecule has 0 spiro atoms. The fraction of sp³-hybridized carbons (Fsp3) is 0.444. The van der Waals surface area contributed by atoms with Gasteiger partial charge in [-0.05, 0) is 30.4 Å². The molecule has 2 rings (SSSR count). The van der Waals surface area contributed by atoms with E-state index in [4.69, 9.17) is 16.7 Å². The van der Waals surface area contributed by atoms with Crippen molar-refractivity contribution in [3.05, 3.63) is 29.0 Å². The standard InChI is InChI=1S/C9H10ClNO/c10-9-2-1-6(5-11-9)7-3-8(12)4-7/h1-2,5,7-8,12H,3-4H2. The first-order chi connectivity index (χ1) is 5.75. The van der Waals surface area contributed by atoms with Crippen molar-refractivity contribution in [2.75, 3.05) is 0 Å². The van der Waals surface area contributed by atoms with Gasteiger partial charge in [0.05, 0.1) is 6.10 Å². The Morgan fingerprint density at radius 1 is 1.42 bits per heavy atom. The number of pyridine rings is 1. The molecule has 1 aliphatic carbocycles. The van der Waals surface area contributed by atoms with E-state index in [2.05, 4.69) is 4.98 Å². The van der Waals surface area contributed by atoms with Crippen LogP contribution in [0.15, 0.2) is 18.3 Å². The van der Waals surface area contributed by atoms with Gasteiger partial charge in [-0.2, -0.15) is 0 Å². The van der Waals surface area contributed by atoms with Gasteiger partial charge in [0.25, 0.3) is 0 Å². The van der Waals surface area contributed by atoms with Crippen LogP contribution in [0.5, 0.6) is 0 Å². The molecular formula is C9H10ClNO. The second-order valence-electron chi connectivity index (χ2n) is 3.24. The second kappa shape index (κ2) is 3.04. The summed E-state index contributed by atoms with van der Waals surface area (Å²) in [5.74, 6) is 0.491. The Bertz CT molecular complexity index is 266. The van der Waals surface area contributed by atoms with Crippen molar-refractivity contribution in [3.63, 3.8) is 0 Å². The second-order valence-corrected chi connectivity index (χ2v) is 3.62. The minimum absolute atomic E-state index is 0.106. The van der Waals surface area contributed by atoms with Crippen molar-refractivity contribution in [1.29, 1.82) is 0 Å². The Kier molecular flexibility index (Phi) is 2.03. The third-order valence-electron chi connectivity index (χ3n) is 2.33. The van der Waals surface area contributed by atoms with Crippen LogP contribution in [0.25, 0.3) is 0 Å².